The molecule has 9 heteroatoms. The van der Waals surface area contributed by atoms with Crippen LogP contribution >= 0.6 is 0 Å². The maximum atomic E-state index is 11.6. The van der Waals surface area contributed by atoms with Crippen molar-refractivity contribution in [3.8, 4) is 17.3 Å². The molecule has 0 spiro atoms. The summed E-state index contributed by atoms with van der Waals surface area (Å²) in [5.74, 6) is 0.210. The molecule has 0 aromatic carbocycles. The number of nitrogens with zero attached hydrogens (tertiary/aromatic N) is 4. The zero-order valence-electron chi connectivity index (χ0n) is 16.6. The second-order valence-corrected chi connectivity index (χ2v) is 6.74. The van der Waals surface area contributed by atoms with Gasteiger partial charge in [-0.05, 0) is 32.8 Å². The van der Waals surface area contributed by atoms with Gasteiger partial charge in [0.25, 0.3) is 0 Å². The Labute approximate surface area is 163 Å². The van der Waals surface area contributed by atoms with E-state index in [4.69, 9.17) is 9.47 Å². The molecule has 0 radical (unpaired) electrons. The largest absolute Gasteiger partial charge is 0.516 e. The summed E-state index contributed by atoms with van der Waals surface area (Å²) in [5, 5.41) is 4.26. The molecule has 2 aromatic heterocycles. The summed E-state index contributed by atoms with van der Waals surface area (Å²) < 4.78 is 16.2. The van der Waals surface area contributed by atoms with Gasteiger partial charge < -0.3 is 14.2 Å². The summed E-state index contributed by atoms with van der Waals surface area (Å²) in [4.78, 5) is 31.5. The fourth-order valence-corrected chi connectivity index (χ4v) is 2.07. The van der Waals surface area contributed by atoms with Gasteiger partial charge in [-0.15, -0.1) is 5.10 Å². The lowest BCUT2D eigenvalue weighted by Gasteiger charge is -2.10. The van der Waals surface area contributed by atoms with Gasteiger partial charge in [-0.25, -0.2) is 24.2 Å². The molecule has 2 heterocycles. The lowest BCUT2D eigenvalue weighted by atomic mass is 10.2. The predicted molar refractivity (Wildman–Crippen MR) is 101 cm³/mol. The van der Waals surface area contributed by atoms with E-state index in [1.54, 1.807) is 6.07 Å². The third kappa shape index (κ3) is 6.82. The topological polar surface area (TPSA) is 105 Å². The zero-order valence-corrected chi connectivity index (χ0v) is 16.6. The first-order chi connectivity index (χ1) is 13.2. The van der Waals surface area contributed by atoms with E-state index >= 15 is 0 Å². The predicted octanol–water partition coefficient (Wildman–Crippen LogP) is 3.24. The van der Waals surface area contributed by atoms with Gasteiger partial charge in [0.15, 0.2) is 5.82 Å². The van der Waals surface area contributed by atoms with Crippen molar-refractivity contribution < 1.29 is 23.8 Å². The highest BCUT2D eigenvalue weighted by atomic mass is 16.7. The van der Waals surface area contributed by atoms with E-state index in [0.717, 1.165) is 17.3 Å². The molecule has 0 aliphatic rings. The van der Waals surface area contributed by atoms with Gasteiger partial charge in [0.1, 0.15) is 6.33 Å². The normalized spacial score (nSPS) is 11.2. The smallest absolute Gasteiger partial charge is 0.475 e. The Morgan fingerprint density at radius 3 is 2.64 bits per heavy atom. The first-order valence-electron chi connectivity index (χ1n) is 8.86. The van der Waals surface area contributed by atoms with Crippen LogP contribution in [0.1, 0.15) is 33.4 Å². The molecule has 0 aliphatic heterocycles. The number of aryl methyl sites for hydroxylation is 1. The number of aromatic nitrogens is 4. The summed E-state index contributed by atoms with van der Waals surface area (Å²) in [5.41, 5.74) is 1.50. The van der Waals surface area contributed by atoms with Crippen molar-refractivity contribution in [1.29, 1.82) is 0 Å². The van der Waals surface area contributed by atoms with E-state index in [1.807, 2.05) is 40.7 Å². The molecule has 0 aliphatic carbocycles. The SMILES string of the molecule is Cc1cc(-c2ncn(/C=C\C(=O)OC(=O)OCC(C)C)n2)cc(OC(C)C)n1. The van der Waals surface area contributed by atoms with Gasteiger partial charge in [0, 0.05) is 29.6 Å². The van der Waals surface area contributed by atoms with Crippen LogP contribution in [0.15, 0.2) is 24.5 Å². The molecule has 0 atom stereocenters. The third-order valence-corrected chi connectivity index (χ3v) is 3.13. The number of carbonyl (C=O) groups is 2. The van der Waals surface area contributed by atoms with Crippen LogP contribution in [-0.4, -0.2) is 44.6 Å². The molecule has 0 saturated heterocycles. The van der Waals surface area contributed by atoms with Gasteiger partial charge in [-0.3, -0.25) is 0 Å². The molecule has 0 N–H and O–H groups in total. The number of hydrogen-bond acceptors (Lipinski definition) is 8. The van der Waals surface area contributed by atoms with Crippen molar-refractivity contribution in [2.24, 2.45) is 5.92 Å². The second-order valence-electron chi connectivity index (χ2n) is 6.74. The number of esters is 1. The fraction of sp³-hybridized carbons (Fsp3) is 0.421. The summed E-state index contributed by atoms with van der Waals surface area (Å²) in [6.45, 7) is 9.61. The minimum absolute atomic E-state index is 0.00570. The minimum Gasteiger partial charge on any atom is -0.475 e. The van der Waals surface area contributed by atoms with Crippen LogP contribution in [0.5, 0.6) is 5.88 Å². The molecule has 0 bridgehead atoms. The number of pyridine rings is 1. The van der Waals surface area contributed by atoms with Crippen LogP contribution in [0.25, 0.3) is 17.6 Å². The highest BCUT2D eigenvalue weighted by molar-refractivity contribution is 5.91. The average molecular weight is 388 g/mol. The van der Waals surface area contributed by atoms with Crippen LogP contribution in [0.2, 0.25) is 0 Å². The van der Waals surface area contributed by atoms with Gasteiger partial charge in [-0.2, -0.15) is 0 Å². The maximum Gasteiger partial charge on any atom is 0.516 e. The average Bonchev–Trinajstić information content (AvgIpc) is 3.06. The maximum absolute atomic E-state index is 11.6. The molecular formula is C19H24N4O5. The Bertz CT molecular complexity index is 858. The molecule has 28 heavy (non-hydrogen) atoms. The highest BCUT2D eigenvalue weighted by Gasteiger charge is 2.11. The van der Waals surface area contributed by atoms with Crippen molar-refractivity contribution >= 4 is 18.3 Å². The molecule has 9 nitrogen and oxygen atoms in total. The number of hydrogen-bond donors (Lipinski definition) is 0. The highest BCUT2D eigenvalue weighted by Crippen LogP contribution is 2.21. The Kier molecular flexibility index (Phi) is 7.25. The van der Waals surface area contributed by atoms with Gasteiger partial charge in [0.2, 0.25) is 5.88 Å². The standard InChI is InChI=1S/C19H24N4O5/c1-12(2)10-26-19(25)28-17(24)6-7-23-11-20-18(22-23)15-8-14(5)21-16(9-15)27-13(3)4/h6-9,11-13H,10H2,1-5H3/b7-6-. The molecule has 2 rings (SSSR count). The molecule has 0 fully saturated rings. The van der Waals surface area contributed by atoms with Gasteiger partial charge in [-0.1, -0.05) is 13.8 Å². The molecule has 150 valence electrons. The molecule has 0 saturated carbocycles. The van der Waals surface area contributed by atoms with E-state index in [1.165, 1.54) is 17.2 Å². The lowest BCUT2D eigenvalue weighted by Crippen LogP contribution is -2.14. The van der Waals surface area contributed by atoms with Crippen LogP contribution in [-0.2, 0) is 14.3 Å². The third-order valence-electron chi connectivity index (χ3n) is 3.13. The van der Waals surface area contributed by atoms with Crippen LogP contribution < -0.4 is 4.74 Å². The summed E-state index contributed by atoms with van der Waals surface area (Å²) in [6, 6.07) is 3.57. The lowest BCUT2D eigenvalue weighted by molar-refractivity contribution is -0.134. The molecular weight excluding hydrogens is 364 g/mol. The Balaban J connectivity index is 2.02. The first-order valence-corrected chi connectivity index (χ1v) is 8.86. The van der Waals surface area contributed by atoms with E-state index in [0.29, 0.717) is 11.7 Å². The van der Waals surface area contributed by atoms with E-state index in [-0.39, 0.29) is 18.6 Å². The zero-order chi connectivity index (χ0) is 20.7. The van der Waals surface area contributed by atoms with Crippen molar-refractivity contribution in [1.82, 2.24) is 19.7 Å². The van der Waals surface area contributed by atoms with Crippen LogP contribution in [0.3, 0.4) is 0 Å². The molecule has 2 aromatic rings. The van der Waals surface area contributed by atoms with Crippen molar-refractivity contribution in [3.05, 3.63) is 30.2 Å². The van der Waals surface area contributed by atoms with Crippen molar-refractivity contribution in [3.63, 3.8) is 0 Å². The molecule has 0 amide bonds. The Morgan fingerprint density at radius 1 is 1.21 bits per heavy atom. The Hall–Kier alpha value is -3.23. The van der Waals surface area contributed by atoms with E-state index < -0.39 is 12.1 Å². The monoisotopic (exact) mass is 388 g/mol. The number of ether oxygens (including phenoxy) is 3. The summed E-state index contributed by atoms with van der Waals surface area (Å²) in [6.07, 6.45) is 2.77. The number of rotatable bonds is 7. The second kappa shape index (κ2) is 9.63. The minimum atomic E-state index is -1.03. The van der Waals surface area contributed by atoms with Crippen molar-refractivity contribution in [2.45, 2.75) is 40.7 Å². The summed E-state index contributed by atoms with van der Waals surface area (Å²) >= 11 is 0. The first kappa shape index (κ1) is 21.1. The number of carbonyl (C=O) groups excluding carboxylic acids is 2. The summed E-state index contributed by atoms with van der Waals surface area (Å²) in [7, 11) is 0. The van der Waals surface area contributed by atoms with Gasteiger partial charge >= 0.3 is 12.1 Å². The molecule has 0 unspecified atom stereocenters. The van der Waals surface area contributed by atoms with Gasteiger partial charge in [0.05, 0.1) is 12.7 Å². The van der Waals surface area contributed by atoms with Crippen LogP contribution in [0, 0.1) is 12.8 Å². The van der Waals surface area contributed by atoms with E-state index in [2.05, 4.69) is 19.8 Å². The quantitative estimate of drug-likeness (QED) is 0.404. The Morgan fingerprint density at radius 2 is 1.96 bits per heavy atom. The fourth-order valence-electron chi connectivity index (χ4n) is 2.07. The van der Waals surface area contributed by atoms with Crippen LogP contribution in [0.4, 0.5) is 4.79 Å². The van der Waals surface area contributed by atoms with Crippen molar-refractivity contribution in [2.75, 3.05) is 6.61 Å². The van der Waals surface area contributed by atoms with E-state index in [9.17, 15) is 9.59 Å².